The van der Waals surface area contributed by atoms with Crippen molar-refractivity contribution in [2.24, 2.45) is 5.73 Å². The molecule has 23 heavy (non-hydrogen) atoms. The van der Waals surface area contributed by atoms with Crippen LogP contribution in [-0.2, 0) is 5.75 Å². The first-order chi connectivity index (χ1) is 11.2. The lowest BCUT2D eigenvalue weighted by atomic mass is 10.1. The Balaban J connectivity index is 2.02. The normalized spacial score (nSPS) is 10.7. The summed E-state index contributed by atoms with van der Waals surface area (Å²) >= 11 is 1.67. The number of carbonyl (C=O) groups is 1. The van der Waals surface area contributed by atoms with Crippen LogP contribution in [0.15, 0.2) is 48.7 Å². The van der Waals surface area contributed by atoms with Crippen LogP contribution in [-0.4, -0.2) is 31.9 Å². The lowest BCUT2D eigenvalue weighted by Crippen LogP contribution is -2.10. The van der Waals surface area contributed by atoms with Crippen LogP contribution >= 0.6 is 11.8 Å². The minimum absolute atomic E-state index is 0.452. The summed E-state index contributed by atoms with van der Waals surface area (Å²) in [7, 11) is 0. The zero-order chi connectivity index (χ0) is 16.2. The highest BCUT2D eigenvalue weighted by molar-refractivity contribution is 7.97. The first-order valence-corrected chi connectivity index (χ1v) is 8.35. The maximum atomic E-state index is 11.2. The van der Waals surface area contributed by atoms with Gasteiger partial charge in [-0.3, -0.25) is 4.79 Å². The highest BCUT2D eigenvalue weighted by Crippen LogP contribution is 2.20. The topological polar surface area (TPSA) is 86.7 Å². The Morgan fingerprint density at radius 1 is 1.22 bits per heavy atom. The number of primary amides is 1. The maximum Gasteiger partial charge on any atom is 0.248 e. The van der Waals surface area contributed by atoms with Crippen LogP contribution in [0.4, 0.5) is 0 Å². The van der Waals surface area contributed by atoms with Gasteiger partial charge in [-0.05, 0) is 30.5 Å². The third-order valence-corrected chi connectivity index (χ3v) is 3.79. The second kappa shape index (κ2) is 6.62. The number of benzene rings is 1. The Hall–Kier alpha value is -2.67. The van der Waals surface area contributed by atoms with Crippen LogP contribution < -0.4 is 5.73 Å². The van der Waals surface area contributed by atoms with Crippen molar-refractivity contribution in [1.29, 1.82) is 0 Å². The van der Waals surface area contributed by atoms with Gasteiger partial charge in [0.25, 0.3) is 0 Å². The predicted octanol–water partition coefficient (Wildman–Crippen LogP) is 2.29. The van der Waals surface area contributed by atoms with Gasteiger partial charge in [0.1, 0.15) is 5.82 Å². The first kappa shape index (κ1) is 15.2. The first-order valence-electron chi connectivity index (χ1n) is 6.95. The number of amides is 1. The van der Waals surface area contributed by atoms with Gasteiger partial charge in [-0.2, -0.15) is 16.4 Å². The molecule has 0 aliphatic heterocycles. The SMILES string of the molecule is CSCc1nc(-c2ccc(C(N)=O)cc2)nn1-c1ccccn1. The summed E-state index contributed by atoms with van der Waals surface area (Å²) in [4.78, 5) is 20.1. The van der Waals surface area contributed by atoms with E-state index in [2.05, 4.69) is 15.1 Å². The largest absolute Gasteiger partial charge is 0.366 e. The molecule has 0 aliphatic rings. The highest BCUT2D eigenvalue weighted by Gasteiger charge is 2.13. The van der Waals surface area contributed by atoms with Gasteiger partial charge in [0.15, 0.2) is 11.6 Å². The van der Waals surface area contributed by atoms with Gasteiger partial charge >= 0.3 is 0 Å². The predicted molar refractivity (Wildman–Crippen MR) is 90.3 cm³/mol. The Morgan fingerprint density at radius 2 is 2.00 bits per heavy atom. The molecular weight excluding hydrogens is 310 g/mol. The van der Waals surface area contributed by atoms with Crippen molar-refractivity contribution in [2.45, 2.75) is 5.75 Å². The fourth-order valence-electron chi connectivity index (χ4n) is 2.14. The molecule has 0 radical (unpaired) electrons. The van der Waals surface area contributed by atoms with E-state index in [1.165, 1.54) is 0 Å². The Kier molecular flexibility index (Phi) is 4.38. The second-order valence-electron chi connectivity index (χ2n) is 4.83. The summed E-state index contributed by atoms with van der Waals surface area (Å²) in [5, 5.41) is 4.56. The molecule has 2 N–H and O–H groups in total. The molecule has 6 nitrogen and oxygen atoms in total. The number of hydrogen-bond donors (Lipinski definition) is 1. The smallest absolute Gasteiger partial charge is 0.248 e. The summed E-state index contributed by atoms with van der Waals surface area (Å²) in [5.74, 6) is 2.42. The fourth-order valence-corrected chi connectivity index (χ4v) is 2.58. The third-order valence-electron chi connectivity index (χ3n) is 3.24. The number of pyridine rings is 1. The summed E-state index contributed by atoms with van der Waals surface area (Å²) in [5.41, 5.74) is 6.55. The molecule has 0 aliphatic carbocycles. The van der Waals surface area contributed by atoms with Gasteiger partial charge in [0.2, 0.25) is 5.91 Å². The number of rotatable bonds is 5. The molecule has 0 fully saturated rings. The van der Waals surface area contributed by atoms with Crippen molar-refractivity contribution in [3.8, 4) is 17.2 Å². The van der Waals surface area contributed by atoms with Gasteiger partial charge in [0, 0.05) is 17.3 Å². The Morgan fingerprint density at radius 3 is 2.61 bits per heavy atom. The van der Waals surface area contributed by atoms with Crippen LogP contribution in [0.5, 0.6) is 0 Å². The van der Waals surface area contributed by atoms with Crippen LogP contribution in [0, 0.1) is 0 Å². The van der Waals surface area contributed by atoms with Gasteiger partial charge in [-0.25, -0.2) is 9.97 Å². The molecule has 3 aromatic rings. The summed E-state index contributed by atoms with van der Waals surface area (Å²) in [6.45, 7) is 0. The van der Waals surface area contributed by atoms with E-state index in [9.17, 15) is 4.79 Å². The van der Waals surface area contributed by atoms with Crippen molar-refractivity contribution in [3.05, 3.63) is 60.0 Å². The van der Waals surface area contributed by atoms with Crippen molar-refractivity contribution < 1.29 is 4.79 Å². The molecule has 1 aromatic carbocycles. The molecule has 0 bridgehead atoms. The molecule has 1 amide bonds. The number of thioether (sulfide) groups is 1. The second-order valence-corrected chi connectivity index (χ2v) is 5.69. The van der Waals surface area contributed by atoms with E-state index in [1.54, 1.807) is 46.9 Å². The molecule has 0 saturated carbocycles. The molecule has 116 valence electrons. The van der Waals surface area contributed by atoms with Crippen molar-refractivity contribution >= 4 is 17.7 Å². The monoisotopic (exact) mass is 325 g/mol. The standard InChI is InChI=1S/C16H15N5OS/c1-23-10-14-19-16(12-7-5-11(6-8-12)15(17)22)20-21(14)13-4-2-3-9-18-13/h2-9H,10H2,1H3,(H2,17,22). The van der Waals surface area contributed by atoms with Crippen molar-refractivity contribution in [3.63, 3.8) is 0 Å². The third kappa shape index (κ3) is 3.24. The number of nitrogens with two attached hydrogens (primary N) is 1. The summed E-state index contributed by atoms with van der Waals surface area (Å²) < 4.78 is 1.74. The summed E-state index contributed by atoms with van der Waals surface area (Å²) in [6.07, 6.45) is 3.74. The van der Waals surface area contributed by atoms with E-state index in [0.717, 1.165) is 23.0 Å². The molecule has 0 spiro atoms. The highest BCUT2D eigenvalue weighted by atomic mass is 32.2. The average Bonchev–Trinajstić information content (AvgIpc) is 3.00. The zero-order valence-corrected chi connectivity index (χ0v) is 13.3. The van der Waals surface area contributed by atoms with Crippen LogP contribution in [0.1, 0.15) is 16.2 Å². The molecular formula is C16H15N5OS. The lowest BCUT2D eigenvalue weighted by molar-refractivity contribution is 0.100. The molecule has 0 saturated heterocycles. The molecule has 7 heteroatoms. The van der Waals surface area contributed by atoms with Crippen LogP contribution in [0.25, 0.3) is 17.2 Å². The molecule has 2 aromatic heterocycles. The number of hydrogen-bond acceptors (Lipinski definition) is 5. The molecule has 0 atom stereocenters. The van der Waals surface area contributed by atoms with Gasteiger partial charge < -0.3 is 5.73 Å². The van der Waals surface area contributed by atoms with E-state index in [0.29, 0.717) is 11.4 Å². The van der Waals surface area contributed by atoms with Crippen LogP contribution in [0.3, 0.4) is 0 Å². The lowest BCUT2D eigenvalue weighted by Gasteiger charge is -2.02. The Bertz CT molecular complexity index is 814. The number of nitrogens with zero attached hydrogens (tertiary/aromatic N) is 4. The van der Waals surface area contributed by atoms with E-state index in [4.69, 9.17) is 5.73 Å². The number of carbonyl (C=O) groups excluding carboxylic acids is 1. The van der Waals surface area contributed by atoms with Gasteiger partial charge in [-0.1, -0.05) is 18.2 Å². The zero-order valence-electron chi connectivity index (χ0n) is 12.5. The van der Waals surface area contributed by atoms with E-state index < -0.39 is 5.91 Å². The van der Waals surface area contributed by atoms with E-state index in [-0.39, 0.29) is 0 Å². The molecule has 3 rings (SSSR count). The summed E-state index contributed by atoms with van der Waals surface area (Å²) in [6, 6.07) is 12.6. The Labute approximate surface area is 137 Å². The van der Waals surface area contributed by atoms with Crippen LogP contribution in [0.2, 0.25) is 0 Å². The maximum absolute atomic E-state index is 11.2. The molecule has 0 unspecified atom stereocenters. The quantitative estimate of drug-likeness (QED) is 0.778. The molecule has 2 heterocycles. The van der Waals surface area contributed by atoms with Crippen molar-refractivity contribution in [1.82, 2.24) is 19.7 Å². The van der Waals surface area contributed by atoms with Crippen molar-refractivity contribution in [2.75, 3.05) is 6.26 Å². The van der Waals surface area contributed by atoms with Gasteiger partial charge in [0.05, 0.1) is 5.75 Å². The minimum atomic E-state index is -0.452. The van der Waals surface area contributed by atoms with E-state index in [1.807, 2.05) is 24.5 Å². The minimum Gasteiger partial charge on any atom is -0.366 e. The number of aromatic nitrogens is 4. The average molecular weight is 325 g/mol. The van der Waals surface area contributed by atoms with Gasteiger partial charge in [-0.15, -0.1) is 5.10 Å². The fraction of sp³-hybridized carbons (Fsp3) is 0.125. The van der Waals surface area contributed by atoms with E-state index >= 15 is 0 Å².